The highest BCUT2D eigenvalue weighted by Crippen LogP contribution is 2.35. The Hall–Kier alpha value is -1.58. The molecule has 2 atom stereocenters. The fraction of sp³-hybridized carbons (Fsp3) is 0.500. The van der Waals surface area contributed by atoms with Crippen molar-refractivity contribution in [1.29, 1.82) is 5.26 Å². The van der Waals surface area contributed by atoms with Crippen molar-refractivity contribution in [1.82, 2.24) is 15.1 Å². The Morgan fingerprint density at radius 1 is 1.26 bits per heavy atom. The lowest BCUT2D eigenvalue weighted by molar-refractivity contribution is 0.177. The van der Waals surface area contributed by atoms with Crippen LogP contribution in [0.25, 0.3) is 11.3 Å². The van der Waals surface area contributed by atoms with Crippen molar-refractivity contribution in [3.8, 4) is 17.3 Å². The van der Waals surface area contributed by atoms with E-state index in [4.69, 9.17) is 11.0 Å². The fourth-order valence-corrected chi connectivity index (χ4v) is 4.01. The molecule has 2 unspecified atom stereocenters. The Balaban J connectivity index is 0.00000182. The van der Waals surface area contributed by atoms with E-state index < -0.39 is 0 Å². The van der Waals surface area contributed by atoms with E-state index in [2.05, 4.69) is 36.5 Å². The van der Waals surface area contributed by atoms with Gasteiger partial charge >= 0.3 is 0 Å². The number of rotatable bonds is 4. The average Bonchev–Trinajstić information content (AvgIpc) is 2.92. The summed E-state index contributed by atoms with van der Waals surface area (Å²) in [5, 5.41) is 17.3. The Bertz CT molecular complexity index is 777. The van der Waals surface area contributed by atoms with Gasteiger partial charge in [0.15, 0.2) is 0 Å². The number of nitrogens with one attached hydrogen (secondary N) is 1. The van der Waals surface area contributed by atoms with Crippen molar-refractivity contribution in [2.24, 2.45) is 18.2 Å². The molecule has 0 radical (unpaired) electrons. The minimum Gasteiger partial charge on any atom is -0.328 e. The number of aromatic nitrogens is 2. The zero-order chi connectivity index (χ0) is 18.0. The van der Waals surface area contributed by atoms with Crippen molar-refractivity contribution in [2.45, 2.75) is 51.7 Å². The van der Waals surface area contributed by atoms with Crippen LogP contribution in [0.5, 0.6) is 0 Å². The maximum Gasteiger partial charge on any atom is 0.0991 e. The molecule has 1 aliphatic rings. The summed E-state index contributed by atoms with van der Waals surface area (Å²) < 4.78 is 1.85. The first kappa shape index (κ1) is 23.5. The molecule has 148 valence electrons. The van der Waals surface area contributed by atoms with Crippen LogP contribution >= 0.6 is 24.8 Å². The van der Waals surface area contributed by atoms with Crippen LogP contribution in [-0.2, 0) is 13.6 Å². The molecule has 3 N–H and O–H groups in total. The monoisotopic (exact) mass is 409 g/mol. The average molecular weight is 410 g/mol. The molecule has 1 aromatic heterocycles. The van der Waals surface area contributed by atoms with E-state index in [0.717, 1.165) is 37.1 Å². The molecule has 0 saturated heterocycles. The molecule has 0 aliphatic heterocycles. The summed E-state index contributed by atoms with van der Waals surface area (Å²) >= 11 is 0. The third-order valence-corrected chi connectivity index (χ3v) is 4.97. The molecule has 2 aromatic rings. The van der Waals surface area contributed by atoms with Gasteiger partial charge in [-0.15, -0.1) is 24.8 Å². The maximum atomic E-state index is 8.96. The number of hydrogen-bond donors (Lipinski definition) is 2. The summed E-state index contributed by atoms with van der Waals surface area (Å²) in [6, 6.07) is 10.5. The Kier molecular flexibility index (Phi) is 8.31. The second-order valence-electron chi connectivity index (χ2n) is 8.01. The van der Waals surface area contributed by atoms with E-state index >= 15 is 0 Å². The van der Waals surface area contributed by atoms with Gasteiger partial charge in [0.05, 0.1) is 17.3 Å². The molecular weight excluding hydrogens is 381 g/mol. The molecule has 7 heteroatoms. The van der Waals surface area contributed by atoms with Gasteiger partial charge in [0, 0.05) is 43.0 Å². The van der Waals surface area contributed by atoms with Crippen LogP contribution < -0.4 is 11.1 Å². The van der Waals surface area contributed by atoms with Crippen LogP contribution in [-0.4, -0.2) is 21.9 Å². The second-order valence-corrected chi connectivity index (χ2v) is 8.01. The van der Waals surface area contributed by atoms with E-state index in [0.29, 0.717) is 17.0 Å². The number of nitrogens with zero attached hydrogens (tertiary/aromatic N) is 3. The lowest BCUT2D eigenvalue weighted by Gasteiger charge is -2.39. The van der Waals surface area contributed by atoms with Gasteiger partial charge in [0.1, 0.15) is 0 Å². The standard InChI is InChI=1S/C20H27N5.2ClH/c1-20(2)9-17(22)8-18(10-20)23-12-16-13-25(3)24-19(16)15-6-4-14(11-21)5-7-15;;/h4-7,13,17-18,23H,8-10,12,22H2,1-3H3;2*1H. The molecule has 0 amide bonds. The van der Waals surface area contributed by atoms with Crippen LogP contribution in [0.3, 0.4) is 0 Å². The summed E-state index contributed by atoms with van der Waals surface area (Å²) in [4.78, 5) is 0. The van der Waals surface area contributed by atoms with E-state index in [1.165, 1.54) is 5.56 Å². The van der Waals surface area contributed by atoms with Gasteiger partial charge in [0.25, 0.3) is 0 Å². The third-order valence-electron chi connectivity index (χ3n) is 4.97. The number of halogens is 2. The fourth-order valence-electron chi connectivity index (χ4n) is 4.01. The number of aryl methyl sites for hydroxylation is 1. The largest absolute Gasteiger partial charge is 0.328 e. The SMILES string of the molecule is Cl.Cl.Cn1cc(CNC2CC(N)CC(C)(C)C2)c(-c2ccc(C#N)cc2)n1. The zero-order valence-electron chi connectivity index (χ0n) is 16.1. The Morgan fingerprint density at radius 3 is 2.52 bits per heavy atom. The van der Waals surface area contributed by atoms with Crippen LogP contribution in [0.15, 0.2) is 30.5 Å². The van der Waals surface area contributed by atoms with Crippen molar-refractivity contribution in [3.63, 3.8) is 0 Å². The van der Waals surface area contributed by atoms with Gasteiger partial charge < -0.3 is 11.1 Å². The first-order valence-electron chi connectivity index (χ1n) is 8.88. The summed E-state index contributed by atoms with van der Waals surface area (Å²) in [6.45, 7) is 5.37. The predicted molar refractivity (Wildman–Crippen MR) is 114 cm³/mol. The molecule has 1 aliphatic carbocycles. The molecule has 1 saturated carbocycles. The van der Waals surface area contributed by atoms with Gasteiger partial charge in [-0.3, -0.25) is 4.68 Å². The van der Waals surface area contributed by atoms with E-state index in [9.17, 15) is 0 Å². The van der Waals surface area contributed by atoms with Gasteiger partial charge in [-0.2, -0.15) is 10.4 Å². The highest BCUT2D eigenvalue weighted by atomic mass is 35.5. The first-order valence-corrected chi connectivity index (χ1v) is 8.88. The summed E-state index contributed by atoms with van der Waals surface area (Å²) in [6.07, 6.45) is 5.33. The number of hydrogen-bond acceptors (Lipinski definition) is 4. The minimum absolute atomic E-state index is 0. The van der Waals surface area contributed by atoms with E-state index in [1.54, 1.807) is 0 Å². The van der Waals surface area contributed by atoms with Crippen molar-refractivity contribution >= 4 is 24.8 Å². The van der Waals surface area contributed by atoms with Crippen molar-refractivity contribution < 1.29 is 0 Å². The summed E-state index contributed by atoms with van der Waals surface area (Å²) in [5.41, 5.74) is 10.4. The normalized spacial score (nSPS) is 20.9. The number of benzene rings is 1. The first-order chi connectivity index (χ1) is 11.9. The van der Waals surface area contributed by atoms with E-state index in [-0.39, 0.29) is 30.9 Å². The molecule has 3 rings (SSSR count). The molecule has 27 heavy (non-hydrogen) atoms. The van der Waals surface area contributed by atoms with Crippen molar-refractivity contribution in [3.05, 3.63) is 41.6 Å². The zero-order valence-corrected chi connectivity index (χ0v) is 17.7. The molecule has 0 bridgehead atoms. The highest BCUT2D eigenvalue weighted by molar-refractivity contribution is 5.85. The van der Waals surface area contributed by atoms with Crippen LogP contribution in [0.1, 0.15) is 44.2 Å². The Labute approximate surface area is 174 Å². The summed E-state index contributed by atoms with van der Waals surface area (Å²) in [7, 11) is 1.94. The van der Waals surface area contributed by atoms with Crippen LogP contribution in [0, 0.1) is 16.7 Å². The molecule has 1 heterocycles. The topological polar surface area (TPSA) is 79.7 Å². The third kappa shape index (κ3) is 5.95. The molecule has 1 aromatic carbocycles. The van der Waals surface area contributed by atoms with Crippen LogP contribution in [0.2, 0.25) is 0 Å². The Morgan fingerprint density at radius 2 is 1.93 bits per heavy atom. The van der Waals surface area contributed by atoms with Gasteiger partial charge in [0.2, 0.25) is 0 Å². The molecule has 5 nitrogen and oxygen atoms in total. The second kappa shape index (κ2) is 9.57. The number of nitriles is 1. The highest BCUT2D eigenvalue weighted by Gasteiger charge is 2.32. The summed E-state index contributed by atoms with van der Waals surface area (Å²) in [5.74, 6) is 0. The van der Waals surface area contributed by atoms with E-state index in [1.807, 2.05) is 36.0 Å². The predicted octanol–water partition coefficient (Wildman–Crippen LogP) is 3.80. The molecular formula is C20H29Cl2N5. The lowest BCUT2D eigenvalue weighted by atomic mass is 9.73. The smallest absolute Gasteiger partial charge is 0.0991 e. The molecule has 0 spiro atoms. The quantitative estimate of drug-likeness (QED) is 0.804. The lowest BCUT2D eigenvalue weighted by Crippen LogP contribution is -2.45. The maximum absolute atomic E-state index is 8.96. The van der Waals surface area contributed by atoms with Gasteiger partial charge in [-0.1, -0.05) is 26.0 Å². The minimum atomic E-state index is 0. The van der Waals surface area contributed by atoms with Crippen LogP contribution in [0.4, 0.5) is 0 Å². The molecule has 1 fully saturated rings. The van der Waals surface area contributed by atoms with Crippen molar-refractivity contribution in [2.75, 3.05) is 0 Å². The van der Waals surface area contributed by atoms with Gasteiger partial charge in [-0.25, -0.2) is 0 Å². The number of nitrogens with two attached hydrogens (primary N) is 1. The van der Waals surface area contributed by atoms with Gasteiger partial charge in [-0.05, 0) is 36.8 Å².